The molecule has 3 rings (SSSR count). The van der Waals surface area contributed by atoms with Crippen molar-refractivity contribution < 1.29 is 4.79 Å². The van der Waals surface area contributed by atoms with E-state index in [0.717, 1.165) is 30.5 Å². The van der Waals surface area contributed by atoms with Crippen molar-refractivity contribution in [3.8, 4) is 0 Å². The minimum absolute atomic E-state index is 0.244. The smallest absolute Gasteiger partial charge is 0.258 e. The molecule has 1 aromatic rings. The second-order valence-corrected chi connectivity index (χ2v) is 4.57. The quantitative estimate of drug-likeness (QED) is 0.632. The summed E-state index contributed by atoms with van der Waals surface area (Å²) in [7, 11) is 0. The second-order valence-electron chi connectivity index (χ2n) is 4.57. The van der Waals surface area contributed by atoms with Crippen LogP contribution in [0.1, 0.15) is 41.9 Å². The van der Waals surface area contributed by atoms with Gasteiger partial charge in [0.05, 0.1) is 0 Å². The lowest BCUT2D eigenvalue weighted by Crippen LogP contribution is -2.25. The highest BCUT2D eigenvalue weighted by Gasteiger charge is 2.27. The molecule has 0 saturated heterocycles. The third-order valence-electron chi connectivity index (χ3n) is 3.59. The van der Waals surface area contributed by atoms with Gasteiger partial charge in [-0.1, -0.05) is 5.57 Å². The summed E-state index contributed by atoms with van der Waals surface area (Å²) in [6.07, 6.45) is 5.55. The maximum absolute atomic E-state index is 12.2. The van der Waals surface area contributed by atoms with Gasteiger partial charge in [-0.05, 0) is 44.7 Å². The third-order valence-corrected chi connectivity index (χ3v) is 3.59. The molecule has 0 atom stereocenters. The number of hydrogen-bond donors (Lipinski definition) is 0. The van der Waals surface area contributed by atoms with Crippen molar-refractivity contribution in [3.05, 3.63) is 34.7 Å². The van der Waals surface area contributed by atoms with Gasteiger partial charge in [-0.2, -0.15) is 0 Å². The lowest BCUT2D eigenvalue weighted by Gasteiger charge is -2.26. The maximum atomic E-state index is 12.2. The fraction of sp³-hybridized carbons (Fsp3) is 0.462. The number of aromatic nitrogens is 1. The van der Waals surface area contributed by atoms with Crippen LogP contribution in [0.3, 0.4) is 0 Å². The fourth-order valence-corrected chi connectivity index (χ4v) is 2.80. The summed E-state index contributed by atoms with van der Waals surface area (Å²) < 4.78 is 1.89. The summed E-state index contributed by atoms with van der Waals surface area (Å²) in [6, 6.07) is 4.14. The average Bonchev–Trinajstić information content (AvgIpc) is 2.61. The van der Waals surface area contributed by atoms with E-state index in [-0.39, 0.29) is 5.91 Å². The molecular weight excluding hydrogens is 186 g/mol. The Balaban J connectivity index is 2.12. The largest absolute Gasteiger partial charge is 0.285 e. The predicted octanol–water partition coefficient (Wildman–Crippen LogP) is 2.86. The monoisotopic (exact) mass is 201 g/mol. The van der Waals surface area contributed by atoms with Crippen molar-refractivity contribution in [1.29, 1.82) is 0 Å². The van der Waals surface area contributed by atoms with E-state index in [9.17, 15) is 4.79 Å². The zero-order chi connectivity index (χ0) is 10.4. The van der Waals surface area contributed by atoms with Crippen molar-refractivity contribution in [2.24, 2.45) is 0 Å². The average molecular weight is 201 g/mol. The van der Waals surface area contributed by atoms with Gasteiger partial charge >= 0.3 is 0 Å². The summed E-state index contributed by atoms with van der Waals surface area (Å²) in [5.41, 5.74) is 4.76. The summed E-state index contributed by atoms with van der Waals surface area (Å²) in [5, 5.41) is 0. The molecule has 1 aliphatic heterocycles. The molecule has 1 aliphatic carbocycles. The van der Waals surface area contributed by atoms with Crippen LogP contribution in [0.5, 0.6) is 0 Å². The van der Waals surface area contributed by atoms with Gasteiger partial charge in [0, 0.05) is 23.4 Å². The van der Waals surface area contributed by atoms with E-state index in [4.69, 9.17) is 0 Å². The molecular formula is C13H15NO. The van der Waals surface area contributed by atoms with Crippen LogP contribution in [0, 0.1) is 6.92 Å². The zero-order valence-corrected chi connectivity index (χ0v) is 9.05. The molecule has 2 aliphatic rings. The molecule has 0 bridgehead atoms. The SMILES string of the molecule is Cc1ccc2n1C(=O)C1=C(CCCC1)C2. The molecule has 0 saturated carbocycles. The van der Waals surface area contributed by atoms with Gasteiger partial charge in [0.1, 0.15) is 0 Å². The van der Waals surface area contributed by atoms with Crippen molar-refractivity contribution in [3.63, 3.8) is 0 Å². The van der Waals surface area contributed by atoms with Crippen molar-refractivity contribution in [2.45, 2.75) is 39.0 Å². The van der Waals surface area contributed by atoms with Crippen molar-refractivity contribution in [2.75, 3.05) is 0 Å². The van der Waals surface area contributed by atoms with E-state index in [1.807, 2.05) is 17.6 Å². The fourth-order valence-electron chi connectivity index (χ4n) is 2.80. The Kier molecular flexibility index (Phi) is 1.84. The molecule has 0 radical (unpaired) electrons. The van der Waals surface area contributed by atoms with E-state index in [1.54, 1.807) is 0 Å². The summed E-state index contributed by atoms with van der Waals surface area (Å²) >= 11 is 0. The highest BCUT2D eigenvalue weighted by Crippen LogP contribution is 2.33. The molecule has 1 aromatic heterocycles. The number of hydrogen-bond acceptors (Lipinski definition) is 1. The lowest BCUT2D eigenvalue weighted by molar-refractivity contribution is 0.0937. The van der Waals surface area contributed by atoms with E-state index in [1.165, 1.54) is 24.1 Å². The van der Waals surface area contributed by atoms with Crippen LogP contribution in [0.2, 0.25) is 0 Å². The van der Waals surface area contributed by atoms with Crippen LogP contribution in [0.4, 0.5) is 0 Å². The molecule has 0 N–H and O–H groups in total. The summed E-state index contributed by atoms with van der Waals surface area (Å²) in [6.45, 7) is 2.01. The van der Waals surface area contributed by atoms with Gasteiger partial charge in [0.25, 0.3) is 5.91 Å². The molecule has 2 heterocycles. The normalized spacial score (nSPS) is 20.2. The molecule has 0 unspecified atom stereocenters. The van der Waals surface area contributed by atoms with Gasteiger partial charge in [0.15, 0.2) is 0 Å². The van der Waals surface area contributed by atoms with Crippen LogP contribution in [-0.2, 0) is 6.42 Å². The van der Waals surface area contributed by atoms with Crippen LogP contribution in [0.25, 0.3) is 0 Å². The van der Waals surface area contributed by atoms with Crippen LogP contribution < -0.4 is 0 Å². The maximum Gasteiger partial charge on any atom is 0.258 e. The molecule has 78 valence electrons. The van der Waals surface area contributed by atoms with Gasteiger partial charge in [0.2, 0.25) is 0 Å². The number of fused-ring (bicyclic) bond motifs is 1. The number of nitrogens with zero attached hydrogens (tertiary/aromatic N) is 1. The highest BCUT2D eigenvalue weighted by molar-refractivity contribution is 5.98. The van der Waals surface area contributed by atoms with Crippen LogP contribution in [-0.4, -0.2) is 10.5 Å². The number of allylic oxidation sites excluding steroid dienone is 2. The van der Waals surface area contributed by atoms with E-state index >= 15 is 0 Å². The predicted molar refractivity (Wildman–Crippen MR) is 59.0 cm³/mol. The first-order valence-corrected chi connectivity index (χ1v) is 5.70. The van der Waals surface area contributed by atoms with Gasteiger partial charge < -0.3 is 0 Å². The summed E-state index contributed by atoms with van der Waals surface area (Å²) in [4.78, 5) is 12.2. The Labute approximate surface area is 89.6 Å². The third kappa shape index (κ3) is 1.21. The van der Waals surface area contributed by atoms with Crippen molar-refractivity contribution in [1.82, 2.24) is 4.57 Å². The molecule has 15 heavy (non-hydrogen) atoms. The first-order chi connectivity index (χ1) is 7.27. The second kappa shape index (κ2) is 3.09. The van der Waals surface area contributed by atoms with Gasteiger partial charge in [-0.25, -0.2) is 0 Å². The van der Waals surface area contributed by atoms with Crippen molar-refractivity contribution >= 4 is 5.91 Å². The Morgan fingerprint density at radius 3 is 2.87 bits per heavy atom. The van der Waals surface area contributed by atoms with Crippen LogP contribution >= 0.6 is 0 Å². The molecule has 0 amide bonds. The van der Waals surface area contributed by atoms with Gasteiger partial charge in [-0.3, -0.25) is 9.36 Å². The lowest BCUT2D eigenvalue weighted by atomic mass is 9.86. The first-order valence-electron chi connectivity index (χ1n) is 5.70. The Morgan fingerprint density at radius 1 is 1.20 bits per heavy atom. The molecule has 0 aromatic carbocycles. The Hall–Kier alpha value is -1.31. The van der Waals surface area contributed by atoms with Crippen LogP contribution in [0.15, 0.2) is 23.3 Å². The van der Waals surface area contributed by atoms with E-state index < -0.39 is 0 Å². The molecule has 2 nitrogen and oxygen atoms in total. The molecule has 0 spiro atoms. The minimum atomic E-state index is 0.244. The Morgan fingerprint density at radius 2 is 2.00 bits per heavy atom. The number of aryl methyl sites for hydroxylation is 1. The topological polar surface area (TPSA) is 22.0 Å². The first kappa shape index (κ1) is 8.96. The number of rotatable bonds is 0. The zero-order valence-electron chi connectivity index (χ0n) is 9.05. The number of carbonyl (C=O) groups excluding carboxylic acids is 1. The summed E-state index contributed by atoms with van der Waals surface area (Å²) in [5.74, 6) is 0.244. The van der Waals surface area contributed by atoms with E-state index in [2.05, 4.69) is 6.07 Å². The molecule has 0 fully saturated rings. The minimum Gasteiger partial charge on any atom is -0.285 e. The Bertz CT molecular complexity index is 465. The molecule has 2 heteroatoms. The van der Waals surface area contributed by atoms with Gasteiger partial charge in [-0.15, -0.1) is 0 Å². The van der Waals surface area contributed by atoms with E-state index in [0.29, 0.717) is 0 Å². The number of carbonyl (C=O) groups is 1. The standard InChI is InChI=1S/C13H15NO/c1-9-6-7-11-8-10-4-2-3-5-12(10)13(15)14(9)11/h6-7H,2-5,8H2,1H3. The highest BCUT2D eigenvalue weighted by atomic mass is 16.2.